The fourth-order valence-corrected chi connectivity index (χ4v) is 3.36. The van der Waals surface area contributed by atoms with Crippen molar-refractivity contribution in [2.24, 2.45) is 0 Å². The van der Waals surface area contributed by atoms with Gasteiger partial charge in [0.2, 0.25) is 0 Å². The van der Waals surface area contributed by atoms with E-state index in [4.69, 9.17) is 0 Å². The van der Waals surface area contributed by atoms with Crippen LogP contribution in [0, 0.1) is 0 Å². The van der Waals surface area contributed by atoms with E-state index in [1.807, 2.05) is 0 Å². The molecular formula is C5H9BrMg. The molecule has 0 atom stereocenters. The van der Waals surface area contributed by atoms with E-state index in [1.54, 1.807) is 0 Å². The largest absolute Gasteiger partial charge is 0.474 e. The molecule has 0 saturated heterocycles. The van der Waals surface area contributed by atoms with Crippen LogP contribution in [-0.2, 0) is 0 Å². The summed E-state index contributed by atoms with van der Waals surface area (Å²) in [6, 6.07) is 0. The highest BCUT2D eigenvalue weighted by Gasteiger charge is 2.31. The average Bonchev–Trinajstić information content (AvgIpc) is 1.61. The van der Waals surface area contributed by atoms with Gasteiger partial charge in [-0.05, 0) is 0 Å². The lowest BCUT2D eigenvalue weighted by atomic mass is 9.85. The van der Waals surface area contributed by atoms with Crippen molar-refractivity contribution in [3.8, 4) is 0 Å². The van der Waals surface area contributed by atoms with E-state index in [0.29, 0.717) is 0 Å². The molecule has 0 amide bonds. The minimum absolute atomic E-state index is 0.141. The third-order valence-electron chi connectivity index (χ3n) is 1.88. The first-order chi connectivity index (χ1) is 3.27. The lowest BCUT2D eigenvalue weighted by Gasteiger charge is -2.37. The molecule has 0 aromatic heterocycles. The molecule has 0 spiro atoms. The summed E-state index contributed by atoms with van der Waals surface area (Å²) in [6.45, 7) is 2.40. The van der Waals surface area contributed by atoms with E-state index < -0.39 is 0 Å². The number of rotatable bonds is 1. The molecule has 7 heavy (non-hydrogen) atoms. The van der Waals surface area contributed by atoms with Crippen molar-refractivity contribution in [2.45, 2.75) is 29.7 Å². The van der Waals surface area contributed by atoms with E-state index >= 15 is 0 Å². The summed E-state index contributed by atoms with van der Waals surface area (Å²) in [5.41, 5.74) is 0. The zero-order valence-corrected chi connectivity index (χ0v) is 7.71. The van der Waals surface area contributed by atoms with E-state index in [9.17, 15) is 0 Å². The Bertz CT molecular complexity index is 63.0. The molecule has 0 aromatic rings. The van der Waals surface area contributed by atoms with Gasteiger partial charge < -0.3 is 12.9 Å². The van der Waals surface area contributed by atoms with Crippen LogP contribution in [0.1, 0.15) is 26.2 Å². The summed E-state index contributed by atoms with van der Waals surface area (Å²) in [4.78, 5) is 0. The second kappa shape index (κ2) is 2.24. The van der Waals surface area contributed by atoms with Crippen LogP contribution < -0.4 is 0 Å². The summed E-state index contributed by atoms with van der Waals surface area (Å²) in [5.74, 6) is 0. The number of hydrogen-bond acceptors (Lipinski definition) is 0. The predicted octanol–water partition coefficient (Wildman–Crippen LogP) is 2.36. The first-order valence-corrected chi connectivity index (χ1v) is 7.43. The molecule has 1 rings (SSSR count). The van der Waals surface area contributed by atoms with E-state index in [2.05, 4.69) is 19.8 Å². The molecule has 0 unspecified atom stereocenters. The van der Waals surface area contributed by atoms with Gasteiger partial charge in [-0.3, -0.25) is 0 Å². The molecular weight excluding hydrogens is 164 g/mol. The number of hydrogen-bond donors (Lipinski definition) is 0. The van der Waals surface area contributed by atoms with Crippen molar-refractivity contribution in [3.63, 3.8) is 0 Å². The molecule has 38 valence electrons. The zero-order chi connectivity index (χ0) is 5.33. The number of halogens is 1. The molecule has 1 aliphatic carbocycles. The Kier molecular flexibility index (Phi) is 2.03. The van der Waals surface area contributed by atoms with Crippen LogP contribution in [0.4, 0.5) is 0 Å². The van der Waals surface area contributed by atoms with Gasteiger partial charge in [0, 0.05) is 0 Å². The Hall–Kier alpha value is 1.25. The van der Waals surface area contributed by atoms with Gasteiger partial charge in [0.15, 0.2) is 0 Å². The molecule has 0 aliphatic heterocycles. The lowest BCUT2D eigenvalue weighted by Crippen LogP contribution is -2.21. The molecule has 1 aliphatic rings. The summed E-state index contributed by atoms with van der Waals surface area (Å²) < 4.78 is 0.819. The van der Waals surface area contributed by atoms with Crippen LogP contribution in [0.3, 0.4) is 0 Å². The minimum Gasteiger partial charge on any atom is -0.306 e. The molecule has 0 aromatic carbocycles. The fourth-order valence-electron chi connectivity index (χ4n) is 0.914. The SMILES string of the molecule is C[C]1([Mg][Br])CCC1. The molecule has 2 heteroatoms. The van der Waals surface area contributed by atoms with Crippen LogP contribution in [0.2, 0.25) is 3.54 Å². The molecule has 0 heterocycles. The second-order valence-electron chi connectivity index (χ2n) is 2.80. The van der Waals surface area contributed by atoms with Gasteiger partial charge in [0.05, 0.1) is 0 Å². The van der Waals surface area contributed by atoms with Gasteiger partial charge in [-0.15, -0.1) is 3.54 Å². The Morgan fingerprint density at radius 3 is 2.14 bits per heavy atom. The molecule has 1 fully saturated rings. The maximum Gasteiger partial charge on any atom is 0.474 e. The van der Waals surface area contributed by atoms with Crippen LogP contribution in [0.15, 0.2) is 0 Å². The van der Waals surface area contributed by atoms with Gasteiger partial charge in [-0.2, -0.15) is 0 Å². The molecule has 0 radical (unpaired) electrons. The average molecular weight is 173 g/mol. The van der Waals surface area contributed by atoms with Gasteiger partial charge in [-0.1, -0.05) is 26.2 Å². The van der Waals surface area contributed by atoms with Crippen molar-refractivity contribution in [2.75, 3.05) is 0 Å². The van der Waals surface area contributed by atoms with Crippen LogP contribution in [0.5, 0.6) is 0 Å². The quantitative estimate of drug-likeness (QED) is 0.534. The first kappa shape index (κ1) is 6.37. The van der Waals surface area contributed by atoms with E-state index in [0.717, 1.165) is 3.54 Å². The summed E-state index contributed by atoms with van der Waals surface area (Å²) in [7, 11) is 0. The smallest absolute Gasteiger partial charge is 0.306 e. The van der Waals surface area contributed by atoms with Crippen LogP contribution >= 0.6 is 12.9 Å². The summed E-state index contributed by atoms with van der Waals surface area (Å²) >= 11 is 3.76. The topological polar surface area (TPSA) is 0 Å². The van der Waals surface area contributed by atoms with Crippen LogP contribution in [0.25, 0.3) is 0 Å². The zero-order valence-electron chi connectivity index (χ0n) is 4.71. The van der Waals surface area contributed by atoms with Crippen molar-refractivity contribution in [1.29, 1.82) is 0 Å². The minimum atomic E-state index is 0.141. The highest BCUT2D eigenvalue weighted by atomic mass is 79.9. The van der Waals surface area contributed by atoms with Crippen molar-refractivity contribution >= 4 is 31.1 Å². The maximum atomic E-state index is 3.62. The Labute approximate surface area is 60.6 Å². The van der Waals surface area contributed by atoms with Crippen LogP contribution in [-0.4, -0.2) is 18.2 Å². The molecule has 0 bridgehead atoms. The first-order valence-electron chi connectivity index (χ1n) is 2.83. The highest BCUT2D eigenvalue weighted by Crippen LogP contribution is 2.47. The monoisotopic (exact) mass is 172 g/mol. The van der Waals surface area contributed by atoms with Gasteiger partial charge in [-0.25, -0.2) is 0 Å². The van der Waals surface area contributed by atoms with Gasteiger partial charge in [0.25, 0.3) is 0 Å². The van der Waals surface area contributed by atoms with E-state index in [1.165, 1.54) is 19.3 Å². The summed E-state index contributed by atoms with van der Waals surface area (Å²) in [6.07, 6.45) is 4.46. The second-order valence-corrected chi connectivity index (χ2v) is 6.45. The molecule has 0 nitrogen and oxygen atoms in total. The fraction of sp³-hybridized carbons (Fsp3) is 1.00. The summed E-state index contributed by atoms with van der Waals surface area (Å²) in [5, 5.41) is 0. The van der Waals surface area contributed by atoms with Gasteiger partial charge >= 0.3 is 18.2 Å². The van der Waals surface area contributed by atoms with Gasteiger partial charge in [0.1, 0.15) is 0 Å². The van der Waals surface area contributed by atoms with Crippen molar-refractivity contribution in [1.82, 2.24) is 0 Å². The third-order valence-corrected chi connectivity index (χ3v) is 7.30. The Morgan fingerprint density at radius 2 is 2.14 bits per heavy atom. The predicted molar refractivity (Wildman–Crippen MR) is 36.9 cm³/mol. The van der Waals surface area contributed by atoms with Crippen molar-refractivity contribution < 1.29 is 0 Å². The lowest BCUT2D eigenvalue weighted by molar-refractivity contribution is 0.369. The third kappa shape index (κ3) is 1.33. The Morgan fingerprint density at radius 1 is 1.57 bits per heavy atom. The Balaban J connectivity index is 2.29. The normalized spacial score (nSPS) is 25.4. The highest BCUT2D eigenvalue weighted by molar-refractivity contribution is 9.23. The maximum absolute atomic E-state index is 3.62. The standard InChI is InChI=1S/C5H9.BrH.Mg/c1-5-3-2-4-5;;/h2-4H2,1H3;1H;/q;;+1/p-1. The molecule has 1 saturated carbocycles. The van der Waals surface area contributed by atoms with Crippen molar-refractivity contribution in [3.05, 3.63) is 0 Å². The van der Waals surface area contributed by atoms with E-state index in [-0.39, 0.29) is 18.2 Å². The molecule has 0 N–H and O–H groups in total.